The third-order valence-electron chi connectivity index (χ3n) is 5.41. The normalized spacial score (nSPS) is 14.9. The third kappa shape index (κ3) is 5.31. The van der Waals surface area contributed by atoms with Gasteiger partial charge in [-0.2, -0.15) is 0 Å². The summed E-state index contributed by atoms with van der Waals surface area (Å²) in [5, 5.41) is 4.82. The zero-order valence-corrected chi connectivity index (χ0v) is 17.7. The van der Waals surface area contributed by atoms with Crippen molar-refractivity contribution >= 4 is 28.2 Å². The maximum Gasteiger partial charge on any atom is 0.253 e. The van der Waals surface area contributed by atoms with Gasteiger partial charge in [-0.05, 0) is 47.8 Å². The first kappa shape index (κ1) is 20.8. The van der Waals surface area contributed by atoms with Crippen LogP contribution in [-0.2, 0) is 17.7 Å². The number of thiocarbonyl (C=S) groups is 1. The van der Waals surface area contributed by atoms with Gasteiger partial charge in [0.05, 0.1) is 26.3 Å². The number of aryl methyl sites for hydroxylation is 1. The molecule has 3 rings (SSSR count). The van der Waals surface area contributed by atoms with E-state index >= 15 is 0 Å². The number of nitrogens with zero attached hydrogens (tertiary/aromatic N) is 1. The van der Waals surface area contributed by atoms with Crippen molar-refractivity contribution in [2.75, 3.05) is 46.4 Å². The molecule has 152 valence electrons. The molecule has 0 unspecified atom stereocenters. The molecule has 0 atom stereocenters. The van der Waals surface area contributed by atoms with Gasteiger partial charge in [-0.3, -0.25) is 4.79 Å². The number of hydrogen-bond acceptors (Lipinski definition) is 3. The molecule has 0 amide bonds. The summed E-state index contributed by atoms with van der Waals surface area (Å²) in [7, 11) is 1.83. The first-order valence-corrected chi connectivity index (χ1v) is 10.5. The number of ether oxygens (including phenoxy) is 1. The van der Waals surface area contributed by atoms with Crippen LogP contribution < -0.4 is 15.8 Å². The van der Waals surface area contributed by atoms with E-state index in [1.54, 1.807) is 4.90 Å². The van der Waals surface area contributed by atoms with Gasteiger partial charge >= 0.3 is 0 Å². The average Bonchev–Trinajstić information content (AvgIpc) is 2.73. The number of benzene rings is 1. The molecule has 1 aliphatic rings. The molecule has 0 saturated carbocycles. The van der Waals surface area contributed by atoms with E-state index in [0.717, 1.165) is 68.7 Å². The molecule has 1 aromatic carbocycles. The van der Waals surface area contributed by atoms with Crippen molar-refractivity contribution in [2.45, 2.75) is 26.3 Å². The minimum Gasteiger partial charge on any atom is -0.370 e. The number of H-pyrrole nitrogens is 1. The summed E-state index contributed by atoms with van der Waals surface area (Å²) in [6, 6.07) is 8.21. The Kier molecular flexibility index (Phi) is 7.42. The molecule has 0 aliphatic carbocycles. The maximum absolute atomic E-state index is 12.6. The highest BCUT2D eigenvalue weighted by atomic mass is 32.1. The Hall–Kier alpha value is -1.96. The van der Waals surface area contributed by atoms with Gasteiger partial charge in [0.15, 0.2) is 5.11 Å². The van der Waals surface area contributed by atoms with Gasteiger partial charge in [0.1, 0.15) is 13.1 Å². The lowest BCUT2D eigenvalue weighted by molar-refractivity contribution is -0.908. The molecule has 1 fully saturated rings. The minimum absolute atomic E-state index is 0.0422. The largest absolute Gasteiger partial charge is 0.370 e. The maximum atomic E-state index is 12.6. The van der Waals surface area contributed by atoms with Gasteiger partial charge in [-0.1, -0.05) is 13.0 Å². The van der Waals surface area contributed by atoms with Crippen molar-refractivity contribution in [1.82, 2.24) is 15.2 Å². The zero-order chi connectivity index (χ0) is 19.9. The average molecular weight is 404 g/mol. The monoisotopic (exact) mass is 403 g/mol. The molecule has 1 aromatic heterocycles. The first-order chi connectivity index (χ1) is 13.6. The number of nitrogens with one attached hydrogen (secondary N) is 3. The lowest BCUT2D eigenvalue weighted by Gasteiger charge is -2.27. The number of aromatic amines is 1. The first-order valence-electron chi connectivity index (χ1n) is 10.1. The molecule has 0 radical (unpaired) electrons. The topological polar surface area (TPSA) is 61.8 Å². The lowest BCUT2D eigenvalue weighted by Crippen LogP contribution is -3.14. The highest BCUT2D eigenvalue weighted by Gasteiger charge is 2.16. The van der Waals surface area contributed by atoms with Crippen molar-refractivity contribution in [3.63, 3.8) is 0 Å². The van der Waals surface area contributed by atoms with Crippen molar-refractivity contribution < 1.29 is 9.64 Å². The van der Waals surface area contributed by atoms with Gasteiger partial charge in [-0.25, -0.2) is 0 Å². The Bertz CT molecular complexity index is 861. The van der Waals surface area contributed by atoms with Gasteiger partial charge in [0.25, 0.3) is 5.56 Å². The third-order valence-corrected chi connectivity index (χ3v) is 5.88. The van der Waals surface area contributed by atoms with E-state index in [-0.39, 0.29) is 5.56 Å². The molecule has 1 aliphatic heterocycles. The molecule has 6 nitrogen and oxygen atoms in total. The summed E-state index contributed by atoms with van der Waals surface area (Å²) < 4.78 is 5.43. The molecule has 28 heavy (non-hydrogen) atoms. The molecule has 2 heterocycles. The summed E-state index contributed by atoms with van der Waals surface area (Å²) in [4.78, 5) is 19.3. The van der Waals surface area contributed by atoms with E-state index < -0.39 is 0 Å². The standard InChI is InChI=1S/C21H30N4O2S/c1-3-16-5-6-19-17(13-16)14-18(20(26)23-19)15-25(21(28)22-2)8-4-7-24-9-11-27-12-10-24/h5-6,13-14H,3-4,7-12,15H2,1-2H3,(H,22,28)(H,23,26)/p+1. The Morgan fingerprint density at radius 2 is 2.11 bits per heavy atom. The second-order valence-corrected chi connectivity index (χ2v) is 7.73. The zero-order valence-electron chi connectivity index (χ0n) is 16.8. The van der Waals surface area contributed by atoms with Crippen LogP contribution in [0.3, 0.4) is 0 Å². The molecular weight excluding hydrogens is 372 g/mol. The highest BCUT2D eigenvalue weighted by Crippen LogP contribution is 2.15. The molecule has 1 saturated heterocycles. The second kappa shape index (κ2) is 10.0. The number of rotatable bonds is 7. The van der Waals surface area contributed by atoms with E-state index in [0.29, 0.717) is 11.7 Å². The highest BCUT2D eigenvalue weighted by molar-refractivity contribution is 7.80. The number of pyridine rings is 1. The van der Waals surface area contributed by atoms with Crippen LogP contribution in [0.25, 0.3) is 10.9 Å². The van der Waals surface area contributed by atoms with Gasteiger partial charge in [0.2, 0.25) is 0 Å². The minimum atomic E-state index is -0.0422. The predicted molar refractivity (Wildman–Crippen MR) is 117 cm³/mol. The van der Waals surface area contributed by atoms with Crippen molar-refractivity contribution in [2.24, 2.45) is 0 Å². The summed E-state index contributed by atoms with van der Waals surface area (Å²) in [6.45, 7) is 8.41. The SMILES string of the molecule is CCc1ccc2[nH]c(=O)c(CN(CCC[NH+]3CCOCC3)C(=S)NC)cc2c1. The summed E-state index contributed by atoms with van der Waals surface area (Å²) >= 11 is 5.50. The quantitative estimate of drug-likeness (QED) is 0.594. The Balaban J connectivity index is 1.71. The molecule has 0 spiro atoms. The van der Waals surface area contributed by atoms with Gasteiger partial charge in [0, 0.05) is 31.1 Å². The molecule has 0 bridgehead atoms. The van der Waals surface area contributed by atoms with Crippen LogP contribution in [-0.4, -0.2) is 61.4 Å². The lowest BCUT2D eigenvalue weighted by atomic mass is 10.1. The van der Waals surface area contributed by atoms with Gasteiger partial charge < -0.3 is 24.8 Å². The van der Waals surface area contributed by atoms with Crippen LogP contribution in [0.5, 0.6) is 0 Å². The van der Waals surface area contributed by atoms with Crippen LogP contribution >= 0.6 is 12.2 Å². The van der Waals surface area contributed by atoms with Crippen molar-refractivity contribution in [1.29, 1.82) is 0 Å². The summed E-state index contributed by atoms with van der Waals surface area (Å²) in [5.41, 5.74) is 2.85. The van der Waals surface area contributed by atoms with Crippen molar-refractivity contribution in [3.8, 4) is 0 Å². The predicted octanol–water partition coefficient (Wildman–Crippen LogP) is 0.702. The van der Waals surface area contributed by atoms with E-state index in [1.807, 2.05) is 19.2 Å². The smallest absolute Gasteiger partial charge is 0.253 e. The Morgan fingerprint density at radius 3 is 2.82 bits per heavy atom. The van der Waals surface area contributed by atoms with E-state index in [2.05, 4.69) is 34.3 Å². The van der Waals surface area contributed by atoms with Crippen LogP contribution in [0.15, 0.2) is 29.1 Å². The number of fused-ring (bicyclic) bond motifs is 1. The van der Waals surface area contributed by atoms with Crippen LogP contribution in [0.1, 0.15) is 24.5 Å². The second-order valence-electron chi connectivity index (χ2n) is 7.34. The summed E-state index contributed by atoms with van der Waals surface area (Å²) in [6.07, 6.45) is 2.01. The number of aromatic nitrogens is 1. The molecule has 2 aromatic rings. The summed E-state index contributed by atoms with van der Waals surface area (Å²) in [5.74, 6) is 0. The number of morpholine rings is 1. The van der Waals surface area contributed by atoms with E-state index in [9.17, 15) is 4.79 Å². The van der Waals surface area contributed by atoms with Crippen molar-refractivity contribution in [3.05, 3.63) is 45.7 Å². The van der Waals surface area contributed by atoms with Crippen LogP contribution in [0.4, 0.5) is 0 Å². The Morgan fingerprint density at radius 1 is 1.32 bits per heavy atom. The fourth-order valence-corrected chi connectivity index (χ4v) is 3.84. The number of quaternary nitrogens is 1. The number of hydrogen-bond donors (Lipinski definition) is 3. The molecule has 3 N–H and O–H groups in total. The molecular formula is C21H31N4O2S+. The van der Waals surface area contributed by atoms with E-state index in [1.165, 1.54) is 5.56 Å². The van der Waals surface area contributed by atoms with Gasteiger partial charge in [-0.15, -0.1) is 0 Å². The fraction of sp³-hybridized carbons (Fsp3) is 0.524. The Labute approximate surface area is 171 Å². The fourth-order valence-electron chi connectivity index (χ4n) is 3.68. The van der Waals surface area contributed by atoms with E-state index in [4.69, 9.17) is 17.0 Å². The van der Waals surface area contributed by atoms with Crippen LogP contribution in [0, 0.1) is 0 Å². The van der Waals surface area contributed by atoms with Crippen LogP contribution in [0.2, 0.25) is 0 Å². The molecule has 7 heteroatoms.